The molecule has 222 valence electrons. The number of nitrogens with zero attached hydrogens (tertiary/aromatic N) is 5. The first-order valence-corrected chi connectivity index (χ1v) is 14.7. The number of carbonyl (C=O) groups is 1. The van der Waals surface area contributed by atoms with Gasteiger partial charge in [0.25, 0.3) is 0 Å². The predicted octanol–water partition coefficient (Wildman–Crippen LogP) is 4.94. The Kier molecular flexibility index (Phi) is 7.50. The van der Waals surface area contributed by atoms with Crippen LogP contribution in [-0.4, -0.2) is 76.8 Å². The summed E-state index contributed by atoms with van der Waals surface area (Å²) in [6.45, 7) is 6.84. The van der Waals surface area contributed by atoms with Crippen LogP contribution in [0.1, 0.15) is 24.4 Å². The summed E-state index contributed by atoms with van der Waals surface area (Å²) in [5.74, 6) is -1.80. The quantitative estimate of drug-likeness (QED) is 0.304. The number of piperazine rings is 1. The monoisotopic (exact) mass is 605 g/mol. The minimum absolute atomic E-state index is 0.0973. The highest BCUT2D eigenvalue weighted by atomic mass is 32.2. The lowest BCUT2D eigenvalue weighted by atomic mass is 9.95. The number of halogens is 5. The second kappa shape index (κ2) is 11.0. The first-order valence-electron chi connectivity index (χ1n) is 13.7. The Morgan fingerprint density at radius 3 is 2.45 bits per heavy atom. The zero-order valence-corrected chi connectivity index (χ0v) is 23.4. The summed E-state index contributed by atoms with van der Waals surface area (Å²) >= 11 is 1.15. The lowest BCUT2D eigenvalue weighted by molar-refractivity contribution is -0.137. The Labute approximate surface area is 242 Å². The molecule has 1 unspecified atom stereocenters. The smallest absolute Gasteiger partial charge is 0.352 e. The van der Waals surface area contributed by atoms with Crippen molar-refractivity contribution < 1.29 is 26.7 Å². The number of hydrogen-bond donors (Lipinski definition) is 0. The molecule has 2 aromatic carbocycles. The first kappa shape index (κ1) is 28.7. The summed E-state index contributed by atoms with van der Waals surface area (Å²) in [4.78, 5) is 35.9. The average molecular weight is 606 g/mol. The van der Waals surface area contributed by atoms with E-state index in [1.54, 1.807) is 9.80 Å². The van der Waals surface area contributed by atoms with Crippen molar-refractivity contribution in [3.05, 3.63) is 64.6 Å². The maximum absolute atomic E-state index is 15.2. The number of benzene rings is 2. The fourth-order valence-electron chi connectivity index (χ4n) is 5.99. The van der Waals surface area contributed by atoms with Crippen molar-refractivity contribution >= 4 is 34.4 Å². The van der Waals surface area contributed by atoms with E-state index in [4.69, 9.17) is 0 Å². The third kappa shape index (κ3) is 5.06. The average Bonchev–Trinajstić information content (AvgIpc) is 3.12. The van der Waals surface area contributed by atoms with Gasteiger partial charge in [0.05, 0.1) is 17.1 Å². The van der Waals surface area contributed by atoms with Crippen molar-refractivity contribution in [3.8, 4) is 11.1 Å². The van der Waals surface area contributed by atoms with Crippen molar-refractivity contribution in [3.63, 3.8) is 0 Å². The van der Waals surface area contributed by atoms with E-state index < -0.39 is 34.6 Å². The molecule has 6 rings (SSSR count). The van der Waals surface area contributed by atoms with Gasteiger partial charge in [-0.3, -0.25) is 9.36 Å². The lowest BCUT2D eigenvalue weighted by Gasteiger charge is -2.37. The largest absolute Gasteiger partial charge is 0.417 e. The SMILES string of the molecule is C=CC(=O)N1CCN(c2nc(=O)n3c4c(c(-c5ccc(F)cc5F)c(C(F)(F)F)cc24)SCCC3CN2CCC2)CC1. The van der Waals surface area contributed by atoms with Crippen LogP contribution in [0.3, 0.4) is 0 Å². The first-order chi connectivity index (χ1) is 20.1. The van der Waals surface area contributed by atoms with Crippen LogP contribution in [0.15, 0.2) is 46.6 Å². The van der Waals surface area contributed by atoms with E-state index in [-0.39, 0.29) is 65.3 Å². The van der Waals surface area contributed by atoms with Crippen LogP contribution in [0.4, 0.5) is 27.8 Å². The van der Waals surface area contributed by atoms with Crippen molar-refractivity contribution in [2.75, 3.05) is 56.5 Å². The number of rotatable bonds is 5. The van der Waals surface area contributed by atoms with E-state index in [2.05, 4.69) is 16.5 Å². The van der Waals surface area contributed by atoms with Gasteiger partial charge in [-0.15, -0.1) is 11.8 Å². The highest BCUT2D eigenvalue weighted by Crippen LogP contribution is 2.49. The molecule has 4 heterocycles. The molecule has 0 radical (unpaired) electrons. The summed E-state index contributed by atoms with van der Waals surface area (Å²) in [5, 5.41) is 0.134. The van der Waals surface area contributed by atoms with Gasteiger partial charge in [-0.05, 0) is 50.2 Å². The van der Waals surface area contributed by atoms with E-state index in [1.165, 1.54) is 10.6 Å². The number of carbonyl (C=O) groups excluding carboxylic acids is 1. The van der Waals surface area contributed by atoms with Crippen molar-refractivity contribution in [1.82, 2.24) is 19.4 Å². The molecule has 0 bridgehead atoms. The molecule has 0 spiro atoms. The fourth-order valence-corrected chi connectivity index (χ4v) is 7.29. The number of anilines is 1. The minimum atomic E-state index is -4.89. The molecule has 7 nitrogen and oxygen atoms in total. The topological polar surface area (TPSA) is 61.7 Å². The minimum Gasteiger partial charge on any atom is -0.352 e. The molecule has 3 aliphatic heterocycles. The molecule has 2 saturated heterocycles. The summed E-state index contributed by atoms with van der Waals surface area (Å²) < 4.78 is 74.8. The van der Waals surface area contributed by atoms with Gasteiger partial charge in [-0.1, -0.05) is 6.58 Å². The molecule has 0 saturated carbocycles. The zero-order valence-electron chi connectivity index (χ0n) is 22.6. The van der Waals surface area contributed by atoms with Crippen LogP contribution in [0.2, 0.25) is 0 Å². The van der Waals surface area contributed by atoms with E-state index in [0.29, 0.717) is 24.8 Å². The second-order valence-electron chi connectivity index (χ2n) is 10.7. The van der Waals surface area contributed by atoms with Crippen molar-refractivity contribution in [2.24, 2.45) is 0 Å². The van der Waals surface area contributed by atoms with Crippen LogP contribution < -0.4 is 10.6 Å². The van der Waals surface area contributed by atoms with Gasteiger partial charge in [0.2, 0.25) is 5.91 Å². The molecular formula is C29H28F5N5O2S. The lowest BCUT2D eigenvalue weighted by Crippen LogP contribution is -2.49. The van der Waals surface area contributed by atoms with Crippen LogP contribution in [0.5, 0.6) is 0 Å². The van der Waals surface area contributed by atoms with E-state index >= 15 is 4.39 Å². The van der Waals surface area contributed by atoms with Gasteiger partial charge in [0.15, 0.2) is 0 Å². The Balaban J connectivity index is 1.63. The van der Waals surface area contributed by atoms with Gasteiger partial charge in [0.1, 0.15) is 17.5 Å². The maximum atomic E-state index is 15.2. The van der Waals surface area contributed by atoms with Crippen LogP contribution in [-0.2, 0) is 11.0 Å². The van der Waals surface area contributed by atoms with E-state index in [9.17, 15) is 27.2 Å². The van der Waals surface area contributed by atoms with Crippen LogP contribution in [0, 0.1) is 11.6 Å². The molecule has 2 fully saturated rings. The van der Waals surface area contributed by atoms with Crippen molar-refractivity contribution in [2.45, 2.75) is 30.0 Å². The fraction of sp³-hybridized carbons (Fsp3) is 0.414. The second-order valence-corrected chi connectivity index (χ2v) is 11.8. The molecule has 1 aromatic heterocycles. The summed E-state index contributed by atoms with van der Waals surface area (Å²) in [6.07, 6.45) is -2.16. The van der Waals surface area contributed by atoms with Crippen molar-refractivity contribution in [1.29, 1.82) is 0 Å². The number of alkyl halides is 3. The van der Waals surface area contributed by atoms with Gasteiger partial charge in [0, 0.05) is 66.0 Å². The normalized spacial score (nSPS) is 19.5. The van der Waals surface area contributed by atoms with Crippen LogP contribution in [0.25, 0.3) is 22.0 Å². The number of thioether (sulfide) groups is 1. The summed E-state index contributed by atoms with van der Waals surface area (Å²) in [7, 11) is 0. The highest BCUT2D eigenvalue weighted by Gasteiger charge is 2.40. The predicted molar refractivity (Wildman–Crippen MR) is 151 cm³/mol. The Morgan fingerprint density at radius 1 is 1.10 bits per heavy atom. The van der Waals surface area contributed by atoms with Crippen LogP contribution >= 0.6 is 11.8 Å². The number of amides is 1. The Hall–Kier alpha value is -3.45. The van der Waals surface area contributed by atoms with E-state index in [0.717, 1.165) is 49.5 Å². The molecule has 0 N–H and O–H groups in total. The summed E-state index contributed by atoms with van der Waals surface area (Å²) in [6, 6.07) is 3.11. The molecule has 1 amide bonds. The standard InChI is InChI=1S/C29H28F5N5O2S/c1-2-23(40)37-9-11-38(12-10-37)27-20-15-21(29(32,33)34)24(19-5-4-17(30)14-22(19)31)26-25(20)39(28(41)35-27)18(6-13-42-26)16-36-7-3-8-36/h2,4-5,14-15,18H,1,3,6-13,16H2. The number of likely N-dealkylation sites (tertiary alicyclic amines) is 1. The van der Waals surface area contributed by atoms with Gasteiger partial charge >= 0.3 is 11.9 Å². The zero-order chi connectivity index (χ0) is 29.8. The molecule has 0 aliphatic carbocycles. The van der Waals surface area contributed by atoms with Gasteiger partial charge in [-0.25, -0.2) is 13.6 Å². The molecular weight excluding hydrogens is 577 g/mol. The molecule has 3 aliphatic rings. The number of hydrogen-bond acceptors (Lipinski definition) is 6. The third-order valence-electron chi connectivity index (χ3n) is 8.20. The van der Waals surface area contributed by atoms with Gasteiger partial charge < -0.3 is 14.7 Å². The third-order valence-corrected chi connectivity index (χ3v) is 9.32. The number of aromatic nitrogens is 2. The Morgan fingerprint density at radius 2 is 1.83 bits per heavy atom. The van der Waals surface area contributed by atoms with E-state index in [1.807, 2.05) is 0 Å². The molecule has 42 heavy (non-hydrogen) atoms. The highest BCUT2D eigenvalue weighted by molar-refractivity contribution is 7.99. The van der Waals surface area contributed by atoms with Gasteiger partial charge in [-0.2, -0.15) is 18.2 Å². The summed E-state index contributed by atoms with van der Waals surface area (Å²) in [5.41, 5.74) is -2.20. The Bertz CT molecular complexity index is 1630. The molecule has 3 aromatic rings. The maximum Gasteiger partial charge on any atom is 0.417 e. The molecule has 1 atom stereocenters. The molecule has 13 heteroatoms.